The highest BCUT2D eigenvalue weighted by Crippen LogP contribution is 2.51. The molecule has 2 nitrogen and oxygen atoms in total. The van der Waals surface area contributed by atoms with Crippen molar-refractivity contribution in [2.24, 2.45) is 0 Å². The van der Waals surface area contributed by atoms with Crippen LogP contribution in [0.15, 0.2) is 140 Å². The van der Waals surface area contributed by atoms with Crippen LogP contribution in [0.4, 0.5) is 11.4 Å². The predicted molar refractivity (Wildman–Crippen MR) is 282 cm³/mol. The third-order valence-electron chi connectivity index (χ3n) is 14.5. The number of hydrogen-bond donors (Lipinski definition) is 1. The highest BCUT2D eigenvalue weighted by atomic mass is 32.1. The molecule has 309 valence electrons. The van der Waals surface area contributed by atoms with E-state index in [-0.39, 0.29) is 16.2 Å². The van der Waals surface area contributed by atoms with Gasteiger partial charge in [-0.2, -0.15) is 0 Å². The lowest BCUT2D eigenvalue weighted by molar-refractivity contribution is 0.590. The van der Waals surface area contributed by atoms with E-state index in [9.17, 15) is 0 Å². The van der Waals surface area contributed by atoms with E-state index in [1.54, 1.807) is 0 Å². The lowest BCUT2D eigenvalue weighted by Gasteiger charge is -2.27. The van der Waals surface area contributed by atoms with Crippen LogP contribution in [0.2, 0.25) is 0 Å². The van der Waals surface area contributed by atoms with Gasteiger partial charge in [0.25, 0.3) is 0 Å². The summed E-state index contributed by atoms with van der Waals surface area (Å²) in [6, 6.07) is 53.7. The largest absolute Gasteiger partial charge is 0.355 e. The first kappa shape index (κ1) is 38.3. The van der Waals surface area contributed by atoms with Gasteiger partial charge in [0.2, 0.25) is 0 Å². The number of hydrogen-bond acceptors (Lipinski definition) is 3. The number of benzene rings is 8. The van der Waals surface area contributed by atoms with Gasteiger partial charge in [0.05, 0.1) is 5.52 Å². The molecule has 0 bridgehead atoms. The minimum Gasteiger partial charge on any atom is -0.355 e. The average Bonchev–Trinajstić information content (AvgIpc) is 3.98. The molecule has 1 radical (unpaired) electrons. The van der Waals surface area contributed by atoms with Crippen molar-refractivity contribution in [3.63, 3.8) is 0 Å². The van der Waals surface area contributed by atoms with E-state index in [0.29, 0.717) is 0 Å². The van der Waals surface area contributed by atoms with Crippen molar-refractivity contribution in [3.8, 4) is 27.9 Å². The second-order valence-electron chi connectivity index (χ2n) is 20.9. The first-order valence-corrected chi connectivity index (χ1v) is 24.3. The van der Waals surface area contributed by atoms with Crippen molar-refractivity contribution >= 4 is 114 Å². The van der Waals surface area contributed by atoms with E-state index < -0.39 is 0 Å². The first-order chi connectivity index (χ1) is 30.7. The van der Waals surface area contributed by atoms with Gasteiger partial charge >= 0.3 is 0 Å². The minimum atomic E-state index is -0.108. The average molecular weight is 860 g/mol. The monoisotopic (exact) mass is 859 g/mol. The van der Waals surface area contributed by atoms with E-state index in [4.69, 9.17) is 0 Å². The molecular formula is C59H48BN2S2. The quantitative estimate of drug-likeness (QED) is 0.175. The number of anilines is 2. The van der Waals surface area contributed by atoms with Crippen molar-refractivity contribution in [3.05, 3.63) is 162 Å². The summed E-state index contributed by atoms with van der Waals surface area (Å²) in [7, 11) is 2.51. The van der Waals surface area contributed by atoms with Crippen LogP contribution in [0.25, 0.3) is 90.1 Å². The molecule has 0 atom stereocenters. The number of nitrogens with one attached hydrogen (secondary N) is 1. The zero-order valence-corrected chi connectivity index (χ0v) is 39.3. The maximum Gasteiger partial charge on any atom is 0.197 e. The summed E-state index contributed by atoms with van der Waals surface area (Å²) >= 11 is 3.82. The molecule has 5 heteroatoms. The molecule has 0 spiro atoms. The van der Waals surface area contributed by atoms with Crippen LogP contribution in [0, 0.1) is 0 Å². The third-order valence-corrected chi connectivity index (χ3v) is 16.8. The van der Waals surface area contributed by atoms with Gasteiger partial charge in [-0.3, -0.25) is 0 Å². The van der Waals surface area contributed by atoms with E-state index in [1.807, 2.05) is 22.7 Å². The fraction of sp³-hybridized carbons (Fsp3) is 0.186. The first-order valence-electron chi connectivity index (χ1n) is 22.7. The molecule has 0 saturated heterocycles. The summed E-state index contributed by atoms with van der Waals surface area (Å²) in [6.07, 6.45) is 0. The molecule has 2 aliphatic rings. The van der Waals surface area contributed by atoms with E-state index in [2.05, 4.69) is 212 Å². The summed E-state index contributed by atoms with van der Waals surface area (Å²) in [5, 5.41) is 11.8. The summed E-state index contributed by atoms with van der Waals surface area (Å²) in [5.74, 6) is 0. The molecule has 11 aromatic rings. The van der Waals surface area contributed by atoms with E-state index in [0.717, 1.165) is 11.4 Å². The Bertz CT molecular complexity index is 3820. The van der Waals surface area contributed by atoms with Crippen molar-refractivity contribution < 1.29 is 0 Å². The van der Waals surface area contributed by atoms with Crippen LogP contribution in [0.5, 0.6) is 0 Å². The summed E-state index contributed by atoms with van der Waals surface area (Å²) in [4.78, 5) is 0. The smallest absolute Gasteiger partial charge is 0.197 e. The molecule has 0 fully saturated rings. The van der Waals surface area contributed by atoms with Gasteiger partial charge in [0, 0.05) is 84.7 Å². The maximum absolute atomic E-state index is 3.99. The summed E-state index contributed by atoms with van der Waals surface area (Å²) in [6.45, 7) is 18.6. The number of fused-ring (bicyclic) bond motifs is 14. The summed E-state index contributed by atoms with van der Waals surface area (Å²) < 4.78 is 7.92. The van der Waals surface area contributed by atoms with Gasteiger partial charge in [-0.1, -0.05) is 146 Å². The normalized spacial score (nSPS) is 14.2. The summed E-state index contributed by atoms with van der Waals surface area (Å²) in [5.41, 5.74) is 19.2. The maximum atomic E-state index is 3.99. The van der Waals surface area contributed by atoms with Gasteiger partial charge in [0.1, 0.15) is 0 Å². The number of rotatable bonds is 3. The highest BCUT2D eigenvalue weighted by Gasteiger charge is 2.38. The molecule has 4 heterocycles. The van der Waals surface area contributed by atoms with Crippen molar-refractivity contribution in [2.75, 3.05) is 5.32 Å². The van der Waals surface area contributed by atoms with Crippen LogP contribution in [-0.4, -0.2) is 11.8 Å². The minimum absolute atomic E-state index is 0.0739. The van der Waals surface area contributed by atoms with Gasteiger partial charge in [-0.05, 0) is 110 Å². The molecule has 64 heavy (non-hydrogen) atoms. The van der Waals surface area contributed by atoms with Crippen molar-refractivity contribution in [1.82, 2.24) is 4.57 Å². The molecule has 8 aromatic carbocycles. The Morgan fingerprint density at radius 1 is 0.500 bits per heavy atom. The number of thiophene rings is 2. The molecule has 0 amide bonds. The Morgan fingerprint density at radius 3 is 1.98 bits per heavy atom. The zero-order valence-electron chi connectivity index (χ0n) is 37.6. The van der Waals surface area contributed by atoms with Gasteiger partial charge in [-0.25, -0.2) is 0 Å². The van der Waals surface area contributed by atoms with E-state index >= 15 is 0 Å². The Kier molecular flexibility index (Phi) is 7.78. The standard InChI is InChI=1S/C59H48BN2S2/c1-57(2,3)32-17-20-34(21-18-32)61-48-26-43-37-22-19-33(58(4,5)6)25-52(37)64-53(43)29-41(48)38-23-24-39-42-30-54-44(36-14-10-12-16-51(36)63-54)28-49(42)62-50-27-40-35-13-9-11-15-45(35)59(7,8)46(40)31-47(50)60-55(38)56(39)62/h9-31,61H,1-8H3. The number of aromatic nitrogens is 1. The van der Waals surface area contributed by atoms with Gasteiger partial charge in [0.15, 0.2) is 7.28 Å². The molecular weight excluding hydrogens is 812 g/mol. The lowest BCUT2D eigenvalue weighted by atomic mass is 9.58. The molecule has 1 aliphatic carbocycles. The molecule has 3 aromatic heterocycles. The van der Waals surface area contributed by atoms with Crippen LogP contribution in [-0.2, 0) is 16.2 Å². The van der Waals surface area contributed by atoms with Crippen molar-refractivity contribution in [2.45, 2.75) is 71.6 Å². The van der Waals surface area contributed by atoms with E-state index in [1.165, 1.54) is 123 Å². The number of nitrogens with zero attached hydrogens (tertiary/aromatic N) is 1. The SMILES string of the molecule is CC(C)(C)c1ccc(Nc2cc3c(cc2-c2ccc4c5cc6sc7ccccc7c6cc5n5c4c2[B]c2cc4c(cc2-5)-c2ccccc2C4(C)C)sc2cc(C(C)(C)C)ccc23)cc1. The van der Waals surface area contributed by atoms with Crippen molar-refractivity contribution in [1.29, 1.82) is 0 Å². The topological polar surface area (TPSA) is 17.0 Å². The zero-order chi connectivity index (χ0) is 43.6. The molecule has 13 rings (SSSR count). The van der Waals surface area contributed by atoms with Crippen LogP contribution in [0.3, 0.4) is 0 Å². The lowest BCUT2D eigenvalue weighted by Crippen LogP contribution is -2.38. The van der Waals surface area contributed by atoms with Crippen LogP contribution in [0.1, 0.15) is 77.6 Å². The van der Waals surface area contributed by atoms with Gasteiger partial charge in [-0.15, -0.1) is 22.7 Å². The Balaban J connectivity index is 1.10. The van der Waals surface area contributed by atoms with Crippen LogP contribution >= 0.6 is 22.7 Å². The molecule has 0 saturated carbocycles. The van der Waals surface area contributed by atoms with Crippen LogP contribution < -0.4 is 16.2 Å². The molecule has 1 N–H and O–H groups in total. The fourth-order valence-corrected chi connectivity index (χ4v) is 13.3. The highest BCUT2D eigenvalue weighted by molar-refractivity contribution is 7.26. The Morgan fingerprint density at radius 2 is 1.17 bits per heavy atom. The third kappa shape index (κ3) is 5.44. The Hall–Kier alpha value is -6.14. The molecule has 0 unspecified atom stereocenters. The predicted octanol–water partition coefficient (Wildman–Crippen LogP) is 15.8. The second kappa shape index (κ2) is 13.0. The second-order valence-corrected chi connectivity index (χ2v) is 23.1. The fourth-order valence-electron chi connectivity index (χ4n) is 11.0. The molecule has 1 aliphatic heterocycles. The van der Waals surface area contributed by atoms with Gasteiger partial charge < -0.3 is 9.88 Å². The Labute approximate surface area is 383 Å².